The molecule has 0 aliphatic rings. The molecule has 0 spiro atoms. The van der Waals surface area contributed by atoms with E-state index in [-0.39, 0.29) is 5.91 Å². The Bertz CT molecular complexity index is 121. The van der Waals surface area contributed by atoms with Crippen LogP contribution in [0.25, 0.3) is 0 Å². The normalized spacial score (nSPS) is 8.67. The summed E-state index contributed by atoms with van der Waals surface area (Å²) in [5, 5.41) is 0. The van der Waals surface area contributed by atoms with Crippen molar-refractivity contribution < 1.29 is 4.79 Å². The Morgan fingerprint density at radius 3 is 2.56 bits per heavy atom. The number of hydrogen-bond acceptors (Lipinski definition) is 3. The van der Waals surface area contributed by atoms with Crippen molar-refractivity contribution in [2.45, 2.75) is 6.42 Å². The summed E-state index contributed by atoms with van der Waals surface area (Å²) >= 11 is 0. The van der Waals surface area contributed by atoms with E-state index < -0.39 is 0 Å². The zero-order valence-electron chi connectivity index (χ0n) is 5.18. The maximum Gasteiger partial charge on any atom is 0.260 e. The second-order valence-electron chi connectivity index (χ2n) is 1.62. The van der Waals surface area contributed by atoms with Crippen LogP contribution in [0.4, 0.5) is 0 Å². The van der Waals surface area contributed by atoms with Crippen molar-refractivity contribution in [3.63, 3.8) is 0 Å². The van der Waals surface area contributed by atoms with Crippen molar-refractivity contribution in [2.75, 3.05) is 6.54 Å². The number of rotatable bonds is 3. The number of hydrogen-bond donors (Lipinski definition) is 3. The first-order chi connectivity index (χ1) is 4.22. The van der Waals surface area contributed by atoms with Gasteiger partial charge in [0.05, 0.1) is 0 Å². The highest BCUT2D eigenvalue weighted by Crippen LogP contribution is 1.92. The van der Waals surface area contributed by atoms with Crippen LogP contribution >= 0.6 is 0 Å². The summed E-state index contributed by atoms with van der Waals surface area (Å²) in [6, 6.07) is 0. The van der Waals surface area contributed by atoms with Gasteiger partial charge in [0.15, 0.2) is 0 Å². The molecule has 0 aliphatic heterocycles. The summed E-state index contributed by atoms with van der Waals surface area (Å²) < 4.78 is 0. The highest BCUT2D eigenvalue weighted by atomic mass is 16.2. The first-order valence-corrected chi connectivity index (χ1v) is 2.61. The van der Waals surface area contributed by atoms with Gasteiger partial charge in [0.2, 0.25) is 0 Å². The second-order valence-corrected chi connectivity index (χ2v) is 1.62. The fraction of sp³-hybridized carbons (Fsp3) is 0.400. The molecule has 0 radical (unpaired) electrons. The van der Waals surface area contributed by atoms with Crippen LogP contribution in [-0.4, -0.2) is 12.5 Å². The van der Waals surface area contributed by atoms with E-state index in [2.05, 4.69) is 6.58 Å². The molecule has 0 bridgehead atoms. The Morgan fingerprint density at radius 2 is 2.22 bits per heavy atom. The second kappa shape index (κ2) is 4.05. The minimum Gasteiger partial charge on any atom is -0.330 e. The molecule has 52 valence electrons. The van der Waals surface area contributed by atoms with Crippen LogP contribution in [0.3, 0.4) is 0 Å². The van der Waals surface area contributed by atoms with E-state index in [1.165, 1.54) is 0 Å². The van der Waals surface area contributed by atoms with E-state index in [9.17, 15) is 4.79 Å². The lowest BCUT2D eigenvalue weighted by molar-refractivity contribution is -0.117. The maximum absolute atomic E-state index is 10.5. The molecule has 0 unspecified atom stereocenters. The van der Waals surface area contributed by atoms with Crippen LogP contribution in [0.5, 0.6) is 0 Å². The highest BCUT2D eigenvalue weighted by Gasteiger charge is 2.00. The van der Waals surface area contributed by atoms with Crippen LogP contribution < -0.4 is 17.0 Å². The molecule has 0 aliphatic carbocycles. The molecule has 0 heterocycles. The van der Waals surface area contributed by atoms with Crippen molar-refractivity contribution in [3.8, 4) is 0 Å². The SMILES string of the molecule is C=C(CCN)C(=O)NN. The smallest absolute Gasteiger partial charge is 0.260 e. The molecule has 9 heavy (non-hydrogen) atoms. The quantitative estimate of drug-likeness (QED) is 0.195. The third kappa shape index (κ3) is 2.84. The molecule has 0 atom stereocenters. The molecular formula is C5H11N3O. The molecule has 0 aromatic carbocycles. The number of nitrogens with one attached hydrogen (secondary N) is 1. The molecular weight excluding hydrogens is 118 g/mol. The molecule has 1 amide bonds. The highest BCUT2D eigenvalue weighted by molar-refractivity contribution is 5.92. The third-order valence-corrected chi connectivity index (χ3v) is 0.898. The van der Waals surface area contributed by atoms with Crippen molar-refractivity contribution in [1.82, 2.24) is 5.43 Å². The number of carbonyl (C=O) groups excluding carboxylic acids is 1. The predicted molar refractivity (Wildman–Crippen MR) is 35.1 cm³/mol. The van der Waals surface area contributed by atoms with E-state index in [1.807, 2.05) is 5.43 Å². The first-order valence-electron chi connectivity index (χ1n) is 2.61. The summed E-state index contributed by atoms with van der Waals surface area (Å²) in [5.74, 6) is 4.46. The van der Waals surface area contributed by atoms with Crippen molar-refractivity contribution in [3.05, 3.63) is 12.2 Å². The molecule has 0 saturated carbocycles. The third-order valence-electron chi connectivity index (χ3n) is 0.898. The minimum atomic E-state index is -0.347. The van der Waals surface area contributed by atoms with Gasteiger partial charge < -0.3 is 5.73 Å². The summed E-state index contributed by atoms with van der Waals surface area (Å²) in [6.07, 6.45) is 0.489. The zero-order chi connectivity index (χ0) is 7.28. The Hall–Kier alpha value is -0.870. The lowest BCUT2D eigenvalue weighted by atomic mass is 10.2. The van der Waals surface area contributed by atoms with Gasteiger partial charge in [0.1, 0.15) is 0 Å². The van der Waals surface area contributed by atoms with E-state index in [0.29, 0.717) is 18.5 Å². The molecule has 5 N–H and O–H groups in total. The zero-order valence-corrected chi connectivity index (χ0v) is 5.18. The van der Waals surface area contributed by atoms with Crippen molar-refractivity contribution >= 4 is 5.91 Å². The molecule has 0 rings (SSSR count). The Kier molecular flexibility index (Phi) is 3.66. The molecule has 4 nitrogen and oxygen atoms in total. The largest absolute Gasteiger partial charge is 0.330 e. The summed E-state index contributed by atoms with van der Waals surface area (Å²) in [6.45, 7) is 3.87. The predicted octanol–water partition coefficient (Wildman–Crippen LogP) is -1.12. The number of amides is 1. The Labute approximate surface area is 53.9 Å². The Balaban J connectivity index is 3.60. The molecule has 4 heteroatoms. The fourth-order valence-corrected chi connectivity index (χ4v) is 0.390. The van der Waals surface area contributed by atoms with Crippen LogP contribution in [0.1, 0.15) is 6.42 Å². The van der Waals surface area contributed by atoms with E-state index in [4.69, 9.17) is 11.6 Å². The van der Waals surface area contributed by atoms with Gasteiger partial charge in [-0.25, -0.2) is 5.84 Å². The first kappa shape index (κ1) is 8.13. The van der Waals surface area contributed by atoms with Gasteiger partial charge in [-0.1, -0.05) is 6.58 Å². The van der Waals surface area contributed by atoms with E-state index in [0.717, 1.165) is 0 Å². The standard InChI is InChI=1S/C5H11N3O/c1-4(2-3-6)5(9)8-7/h1-3,6-7H2,(H,8,9). The maximum atomic E-state index is 10.5. The molecule has 0 aromatic rings. The van der Waals surface area contributed by atoms with Crippen molar-refractivity contribution in [2.24, 2.45) is 11.6 Å². The van der Waals surface area contributed by atoms with Crippen LogP contribution in [0.2, 0.25) is 0 Å². The van der Waals surface area contributed by atoms with Gasteiger partial charge in [-0.05, 0) is 13.0 Å². The van der Waals surface area contributed by atoms with Gasteiger partial charge in [-0.3, -0.25) is 10.2 Å². The summed E-state index contributed by atoms with van der Waals surface area (Å²) in [5.41, 5.74) is 7.51. The molecule has 0 aromatic heterocycles. The van der Waals surface area contributed by atoms with E-state index in [1.54, 1.807) is 0 Å². The van der Waals surface area contributed by atoms with Gasteiger partial charge >= 0.3 is 0 Å². The summed E-state index contributed by atoms with van der Waals surface area (Å²) in [7, 11) is 0. The lowest BCUT2D eigenvalue weighted by Gasteiger charge is -1.99. The number of hydrazine groups is 1. The Morgan fingerprint density at radius 1 is 1.67 bits per heavy atom. The van der Waals surface area contributed by atoms with Gasteiger partial charge in [-0.2, -0.15) is 0 Å². The minimum absolute atomic E-state index is 0.347. The average molecular weight is 129 g/mol. The monoisotopic (exact) mass is 129 g/mol. The van der Waals surface area contributed by atoms with Gasteiger partial charge in [0.25, 0.3) is 5.91 Å². The summed E-state index contributed by atoms with van der Waals surface area (Å²) in [4.78, 5) is 10.5. The average Bonchev–Trinajstić information content (AvgIpc) is 1.87. The molecule has 0 fully saturated rings. The topological polar surface area (TPSA) is 81.1 Å². The van der Waals surface area contributed by atoms with E-state index >= 15 is 0 Å². The van der Waals surface area contributed by atoms with Gasteiger partial charge in [-0.15, -0.1) is 0 Å². The number of carbonyl (C=O) groups is 1. The van der Waals surface area contributed by atoms with Crippen LogP contribution in [0, 0.1) is 0 Å². The van der Waals surface area contributed by atoms with Gasteiger partial charge in [0, 0.05) is 5.57 Å². The van der Waals surface area contributed by atoms with Crippen LogP contribution in [0.15, 0.2) is 12.2 Å². The van der Waals surface area contributed by atoms with Crippen LogP contribution in [-0.2, 0) is 4.79 Å². The fourth-order valence-electron chi connectivity index (χ4n) is 0.390. The number of nitrogens with two attached hydrogens (primary N) is 2. The lowest BCUT2D eigenvalue weighted by Crippen LogP contribution is -2.31. The molecule has 0 saturated heterocycles. The van der Waals surface area contributed by atoms with Crippen molar-refractivity contribution in [1.29, 1.82) is 0 Å².